The SMILES string of the molecule is Cc1cc(F)ccc1-c1noc(-c2ccc(O)c(O)c2)n1. The predicted octanol–water partition coefficient (Wildman–Crippen LogP) is 3.26. The molecule has 6 heteroatoms. The lowest BCUT2D eigenvalue weighted by Crippen LogP contribution is -1.87. The Morgan fingerprint density at radius 1 is 1.05 bits per heavy atom. The Balaban J connectivity index is 2.01. The highest BCUT2D eigenvalue weighted by molar-refractivity contribution is 5.64. The summed E-state index contributed by atoms with van der Waals surface area (Å²) in [7, 11) is 0. The molecule has 0 fully saturated rings. The largest absolute Gasteiger partial charge is 0.504 e. The van der Waals surface area contributed by atoms with Crippen LogP contribution in [-0.4, -0.2) is 20.4 Å². The molecule has 0 aliphatic carbocycles. The molecule has 0 aliphatic rings. The molecule has 0 atom stereocenters. The van der Waals surface area contributed by atoms with Gasteiger partial charge in [-0.3, -0.25) is 0 Å². The third-order valence-electron chi connectivity index (χ3n) is 3.08. The van der Waals surface area contributed by atoms with Crippen molar-refractivity contribution >= 4 is 0 Å². The van der Waals surface area contributed by atoms with E-state index in [1.165, 1.54) is 24.3 Å². The zero-order chi connectivity index (χ0) is 15.0. The lowest BCUT2D eigenvalue weighted by molar-refractivity contribution is 0.402. The van der Waals surface area contributed by atoms with Crippen LogP contribution in [0.1, 0.15) is 5.56 Å². The van der Waals surface area contributed by atoms with Gasteiger partial charge < -0.3 is 14.7 Å². The Kier molecular flexibility index (Phi) is 3.06. The second kappa shape index (κ2) is 4.90. The van der Waals surface area contributed by atoms with Gasteiger partial charge in [0.1, 0.15) is 5.82 Å². The Morgan fingerprint density at radius 3 is 2.57 bits per heavy atom. The summed E-state index contributed by atoms with van der Waals surface area (Å²) in [4.78, 5) is 4.22. The zero-order valence-electron chi connectivity index (χ0n) is 11.0. The summed E-state index contributed by atoms with van der Waals surface area (Å²) < 4.78 is 18.2. The second-order valence-corrected chi connectivity index (χ2v) is 4.59. The number of hydrogen-bond donors (Lipinski definition) is 2. The number of aromatic nitrogens is 2. The first-order valence-electron chi connectivity index (χ1n) is 6.17. The summed E-state index contributed by atoms with van der Waals surface area (Å²) in [5.74, 6) is -0.305. The molecule has 1 aromatic heterocycles. The number of rotatable bonds is 2. The van der Waals surface area contributed by atoms with E-state index in [1.807, 2.05) is 0 Å². The minimum atomic E-state index is -0.330. The predicted molar refractivity (Wildman–Crippen MR) is 73.2 cm³/mol. The fourth-order valence-corrected chi connectivity index (χ4v) is 1.98. The van der Waals surface area contributed by atoms with Crippen LogP contribution in [0, 0.1) is 12.7 Å². The molecule has 0 saturated heterocycles. The van der Waals surface area contributed by atoms with Crippen molar-refractivity contribution in [3.8, 4) is 34.3 Å². The Bertz CT molecular complexity index is 814. The number of phenols is 2. The maximum Gasteiger partial charge on any atom is 0.258 e. The Morgan fingerprint density at radius 2 is 1.86 bits per heavy atom. The third-order valence-corrected chi connectivity index (χ3v) is 3.08. The van der Waals surface area contributed by atoms with E-state index in [-0.39, 0.29) is 23.2 Å². The topological polar surface area (TPSA) is 79.4 Å². The summed E-state index contributed by atoms with van der Waals surface area (Å²) in [5, 5.41) is 22.6. The van der Waals surface area contributed by atoms with Crippen LogP contribution in [0.4, 0.5) is 4.39 Å². The quantitative estimate of drug-likeness (QED) is 0.707. The van der Waals surface area contributed by atoms with Gasteiger partial charge in [0.05, 0.1) is 0 Å². The van der Waals surface area contributed by atoms with E-state index in [4.69, 9.17) is 4.52 Å². The fraction of sp³-hybridized carbons (Fsp3) is 0.0667. The fourth-order valence-electron chi connectivity index (χ4n) is 1.98. The van der Waals surface area contributed by atoms with E-state index in [1.54, 1.807) is 19.1 Å². The molecule has 106 valence electrons. The molecule has 2 aromatic carbocycles. The molecule has 0 amide bonds. The number of phenolic OH excluding ortho intramolecular Hbond substituents is 2. The van der Waals surface area contributed by atoms with Gasteiger partial charge in [0.2, 0.25) is 5.82 Å². The van der Waals surface area contributed by atoms with Crippen molar-refractivity contribution < 1.29 is 19.1 Å². The normalized spacial score (nSPS) is 10.8. The van der Waals surface area contributed by atoms with Gasteiger partial charge in [0, 0.05) is 11.1 Å². The highest BCUT2D eigenvalue weighted by Gasteiger charge is 2.14. The van der Waals surface area contributed by atoms with E-state index in [2.05, 4.69) is 10.1 Å². The van der Waals surface area contributed by atoms with E-state index in [0.717, 1.165) is 0 Å². The lowest BCUT2D eigenvalue weighted by atomic mass is 10.1. The van der Waals surface area contributed by atoms with Gasteiger partial charge in [0.25, 0.3) is 5.89 Å². The molecule has 3 rings (SSSR count). The van der Waals surface area contributed by atoms with Gasteiger partial charge in [-0.1, -0.05) is 5.16 Å². The van der Waals surface area contributed by atoms with Crippen LogP contribution >= 0.6 is 0 Å². The Hall–Kier alpha value is -2.89. The van der Waals surface area contributed by atoms with Crippen molar-refractivity contribution in [1.29, 1.82) is 0 Å². The van der Waals surface area contributed by atoms with E-state index >= 15 is 0 Å². The Labute approximate surface area is 119 Å². The van der Waals surface area contributed by atoms with E-state index in [0.29, 0.717) is 22.5 Å². The van der Waals surface area contributed by atoms with Crippen LogP contribution < -0.4 is 0 Å². The molecule has 0 spiro atoms. The molecule has 0 unspecified atom stereocenters. The first-order chi connectivity index (χ1) is 10.0. The number of nitrogens with zero attached hydrogens (tertiary/aromatic N) is 2. The van der Waals surface area contributed by atoms with Crippen LogP contribution in [0.15, 0.2) is 40.9 Å². The number of aryl methyl sites for hydroxylation is 1. The summed E-state index contributed by atoms with van der Waals surface area (Å²) in [6, 6.07) is 8.49. The maximum absolute atomic E-state index is 13.1. The van der Waals surface area contributed by atoms with E-state index in [9.17, 15) is 14.6 Å². The molecule has 5 nitrogen and oxygen atoms in total. The smallest absolute Gasteiger partial charge is 0.258 e. The molecule has 0 radical (unpaired) electrons. The average molecular weight is 286 g/mol. The van der Waals surface area contributed by atoms with Crippen LogP contribution in [0.5, 0.6) is 11.5 Å². The van der Waals surface area contributed by atoms with Crippen molar-refractivity contribution in [2.75, 3.05) is 0 Å². The van der Waals surface area contributed by atoms with Gasteiger partial charge in [-0.05, 0) is 48.9 Å². The average Bonchev–Trinajstić information content (AvgIpc) is 2.91. The zero-order valence-corrected chi connectivity index (χ0v) is 11.0. The summed E-state index contributed by atoms with van der Waals surface area (Å²) in [6.45, 7) is 1.75. The van der Waals surface area contributed by atoms with Crippen molar-refractivity contribution in [3.05, 3.63) is 47.8 Å². The summed E-state index contributed by atoms with van der Waals surface area (Å²) >= 11 is 0. The van der Waals surface area contributed by atoms with Crippen LogP contribution in [0.2, 0.25) is 0 Å². The number of hydrogen-bond acceptors (Lipinski definition) is 5. The minimum Gasteiger partial charge on any atom is -0.504 e. The first-order valence-corrected chi connectivity index (χ1v) is 6.17. The maximum atomic E-state index is 13.1. The van der Waals surface area contributed by atoms with Crippen molar-refractivity contribution in [3.63, 3.8) is 0 Å². The minimum absolute atomic E-state index is 0.198. The molecule has 21 heavy (non-hydrogen) atoms. The van der Waals surface area contributed by atoms with Gasteiger partial charge in [-0.25, -0.2) is 4.39 Å². The molecule has 2 N–H and O–H groups in total. The number of aromatic hydroxyl groups is 2. The number of halogens is 1. The van der Waals surface area contributed by atoms with Gasteiger partial charge in [-0.15, -0.1) is 0 Å². The number of benzene rings is 2. The van der Waals surface area contributed by atoms with Crippen LogP contribution in [-0.2, 0) is 0 Å². The molecule has 0 saturated carbocycles. The first kappa shape index (κ1) is 13.1. The van der Waals surface area contributed by atoms with Gasteiger partial charge in [-0.2, -0.15) is 4.98 Å². The van der Waals surface area contributed by atoms with Crippen LogP contribution in [0.25, 0.3) is 22.8 Å². The van der Waals surface area contributed by atoms with Crippen molar-refractivity contribution in [2.45, 2.75) is 6.92 Å². The molecule has 3 aromatic rings. The molecular formula is C15H11FN2O3. The summed E-state index contributed by atoms with van der Waals surface area (Å²) in [6.07, 6.45) is 0. The molecule has 0 aliphatic heterocycles. The monoisotopic (exact) mass is 286 g/mol. The third kappa shape index (κ3) is 2.43. The second-order valence-electron chi connectivity index (χ2n) is 4.59. The van der Waals surface area contributed by atoms with Gasteiger partial charge >= 0.3 is 0 Å². The summed E-state index contributed by atoms with van der Waals surface area (Å²) in [5.41, 5.74) is 1.83. The standard InChI is InChI=1S/C15H11FN2O3/c1-8-6-10(16)3-4-11(8)14-17-15(21-18-14)9-2-5-12(19)13(20)7-9/h2-7,19-20H,1H3. The van der Waals surface area contributed by atoms with Crippen LogP contribution in [0.3, 0.4) is 0 Å². The lowest BCUT2D eigenvalue weighted by Gasteiger charge is -2.00. The van der Waals surface area contributed by atoms with Crippen molar-refractivity contribution in [2.24, 2.45) is 0 Å². The van der Waals surface area contributed by atoms with E-state index < -0.39 is 0 Å². The molecular weight excluding hydrogens is 275 g/mol. The highest BCUT2D eigenvalue weighted by Crippen LogP contribution is 2.31. The molecule has 1 heterocycles. The highest BCUT2D eigenvalue weighted by atomic mass is 19.1. The van der Waals surface area contributed by atoms with Gasteiger partial charge in [0.15, 0.2) is 11.5 Å². The molecule has 0 bridgehead atoms. The van der Waals surface area contributed by atoms with Crippen molar-refractivity contribution in [1.82, 2.24) is 10.1 Å².